The second-order valence-corrected chi connectivity index (χ2v) is 10.2. The lowest BCUT2D eigenvalue weighted by Crippen LogP contribution is -2.23. The summed E-state index contributed by atoms with van der Waals surface area (Å²) < 4.78 is 18.0. The smallest absolute Gasteiger partial charge is 0.223 e. The highest BCUT2D eigenvalue weighted by Crippen LogP contribution is 2.33. The molecule has 4 nitrogen and oxygen atoms in total. The highest BCUT2D eigenvalue weighted by Gasteiger charge is 2.15. The molecule has 0 atom stereocenters. The Balaban J connectivity index is 1.38. The fourth-order valence-electron chi connectivity index (χ4n) is 4.57. The topological polar surface area (TPSA) is 49.8 Å². The van der Waals surface area contributed by atoms with E-state index in [1.54, 1.807) is 12.1 Å². The van der Waals surface area contributed by atoms with E-state index in [9.17, 15) is 4.39 Å². The zero-order chi connectivity index (χ0) is 24.2. The SMILES string of the molecule is CCc1cc(-c2ccc(NSc3ccccc3Cl)c(F)c2)cc2cnc(NC3CCCCC3)nc12. The van der Waals surface area contributed by atoms with Gasteiger partial charge in [0.05, 0.1) is 16.2 Å². The molecule has 1 fully saturated rings. The molecule has 0 bridgehead atoms. The van der Waals surface area contributed by atoms with Gasteiger partial charge in [-0.05, 0) is 84.3 Å². The van der Waals surface area contributed by atoms with Gasteiger partial charge in [0.15, 0.2) is 0 Å². The average molecular weight is 507 g/mol. The van der Waals surface area contributed by atoms with Crippen molar-refractivity contribution in [3.05, 3.63) is 77.2 Å². The van der Waals surface area contributed by atoms with E-state index in [0.717, 1.165) is 38.9 Å². The number of aromatic nitrogens is 2. The van der Waals surface area contributed by atoms with Gasteiger partial charge in [-0.1, -0.05) is 56.0 Å². The Morgan fingerprint density at radius 1 is 1.03 bits per heavy atom. The average Bonchev–Trinajstić information content (AvgIpc) is 2.89. The molecule has 0 saturated heterocycles. The highest BCUT2D eigenvalue weighted by molar-refractivity contribution is 8.00. The van der Waals surface area contributed by atoms with E-state index in [1.807, 2.05) is 42.6 Å². The van der Waals surface area contributed by atoms with Crippen LogP contribution in [0.1, 0.15) is 44.6 Å². The van der Waals surface area contributed by atoms with Crippen LogP contribution in [0.2, 0.25) is 5.02 Å². The van der Waals surface area contributed by atoms with E-state index in [2.05, 4.69) is 28.0 Å². The summed E-state index contributed by atoms with van der Waals surface area (Å²) in [6.07, 6.45) is 8.90. The van der Waals surface area contributed by atoms with E-state index in [-0.39, 0.29) is 5.82 Å². The number of hydrogen-bond donors (Lipinski definition) is 2. The summed E-state index contributed by atoms with van der Waals surface area (Å²) in [6.45, 7) is 2.12. The summed E-state index contributed by atoms with van der Waals surface area (Å²) in [5.74, 6) is 0.382. The summed E-state index contributed by atoms with van der Waals surface area (Å²) in [5, 5.41) is 5.12. The first-order valence-corrected chi connectivity index (χ1v) is 13.3. The summed E-state index contributed by atoms with van der Waals surface area (Å²) in [6, 6.07) is 17.3. The fraction of sp³-hybridized carbons (Fsp3) is 0.286. The molecule has 1 aliphatic carbocycles. The third-order valence-electron chi connectivity index (χ3n) is 6.49. The lowest BCUT2D eigenvalue weighted by molar-refractivity contribution is 0.461. The van der Waals surface area contributed by atoms with Gasteiger partial charge >= 0.3 is 0 Å². The molecule has 0 amide bonds. The largest absolute Gasteiger partial charge is 0.351 e. The zero-order valence-electron chi connectivity index (χ0n) is 19.7. The van der Waals surface area contributed by atoms with Crippen molar-refractivity contribution < 1.29 is 4.39 Å². The van der Waals surface area contributed by atoms with Crippen molar-refractivity contribution in [1.29, 1.82) is 0 Å². The molecule has 3 aromatic carbocycles. The normalized spacial score (nSPS) is 14.3. The van der Waals surface area contributed by atoms with Gasteiger partial charge in [0.1, 0.15) is 5.82 Å². The standard InChI is InChI=1S/C28H28ClFN4S/c1-2-18-14-20(15-21-17-31-28(33-27(18)21)32-22-8-4-3-5-9-22)19-12-13-25(24(30)16-19)34-35-26-11-7-6-10-23(26)29/h6-7,10-17,22,34H,2-5,8-9H2,1H3,(H,31,32,33). The Bertz CT molecular complexity index is 1340. The van der Waals surface area contributed by atoms with Gasteiger partial charge in [-0.15, -0.1) is 0 Å². The maximum atomic E-state index is 15.0. The fourth-order valence-corrected chi connectivity index (χ4v) is 5.52. The van der Waals surface area contributed by atoms with E-state index in [1.165, 1.54) is 44.1 Å². The molecule has 2 N–H and O–H groups in total. The Kier molecular flexibility index (Phi) is 7.40. The summed E-state index contributed by atoms with van der Waals surface area (Å²) in [7, 11) is 0. The first-order valence-electron chi connectivity index (χ1n) is 12.1. The molecule has 1 aromatic heterocycles. The van der Waals surface area contributed by atoms with Crippen molar-refractivity contribution >= 4 is 46.1 Å². The van der Waals surface area contributed by atoms with Crippen molar-refractivity contribution in [3.63, 3.8) is 0 Å². The molecule has 1 aliphatic rings. The Labute approximate surface area is 214 Å². The predicted molar refractivity (Wildman–Crippen MR) is 146 cm³/mol. The molecule has 5 rings (SSSR count). The molecule has 180 valence electrons. The Hall–Kier alpha value is -2.83. The third-order valence-corrected chi connectivity index (χ3v) is 7.83. The third kappa shape index (κ3) is 5.54. The van der Waals surface area contributed by atoms with Crippen molar-refractivity contribution in [3.8, 4) is 11.1 Å². The monoisotopic (exact) mass is 506 g/mol. The number of halogens is 2. The van der Waals surface area contributed by atoms with Crippen LogP contribution in [0.25, 0.3) is 22.0 Å². The van der Waals surface area contributed by atoms with Gasteiger partial charge in [0, 0.05) is 22.5 Å². The number of nitrogens with zero attached hydrogens (tertiary/aromatic N) is 2. The minimum Gasteiger partial charge on any atom is -0.351 e. The van der Waals surface area contributed by atoms with E-state index in [4.69, 9.17) is 16.6 Å². The van der Waals surface area contributed by atoms with Gasteiger partial charge in [0.25, 0.3) is 0 Å². The summed E-state index contributed by atoms with van der Waals surface area (Å²) in [5.41, 5.74) is 4.27. The van der Waals surface area contributed by atoms with Crippen LogP contribution in [0.3, 0.4) is 0 Å². The van der Waals surface area contributed by atoms with E-state index < -0.39 is 0 Å². The molecule has 35 heavy (non-hydrogen) atoms. The Morgan fingerprint density at radius 3 is 2.63 bits per heavy atom. The number of benzene rings is 3. The predicted octanol–water partition coefficient (Wildman–Crippen LogP) is 8.52. The van der Waals surface area contributed by atoms with Crippen molar-refractivity contribution in [1.82, 2.24) is 9.97 Å². The zero-order valence-corrected chi connectivity index (χ0v) is 21.2. The molecular formula is C28H28ClFN4S. The molecule has 7 heteroatoms. The van der Waals surface area contributed by atoms with Gasteiger partial charge in [-0.2, -0.15) is 0 Å². The molecule has 1 saturated carbocycles. The number of hydrogen-bond acceptors (Lipinski definition) is 5. The number of aryl methyl sites for hydroxylation is 1. The van der Waals surface area contributed by atoms with Crippen LogP contribution >= 0.6 is 23.5 Å². The van der Waals surface area contributed by atoms with Crippen LogP contribution in [-0.2, 0) is 6.42 Å². The van der Waals surface area contributed by atoms with Crippen LogP contribution in [0, 0.1) is 5.82 Å². The summed E-state index contributed by atoms with van der Waals surface area (Å²) in [4.78, 5) is 10.3. The second kappa shape index (κ2) is 10.8. The highest BCUT2D eigenvalue weighted by atomic mass is 35.5. The molecule has 1 heterocycles. The van der Waals surface area contributed by atoms with Crippen LogP contribution in [-0.4, -0.2) is 16.0 Å². The van der Waals surface area contributed by atoms with Crippen LogP contribution in [0.15, 0.2) is 65.7 Å². The van der Waals surface area contributed by atoms with Crippen LogP contribution in [0.4, 0.5) is 16.0 Å². The molecule has 0 aliphatic heterocycles. The number of fused-ring (bicyclic) bond motifs is 1. The van der Waals surface area contributed by atoms with Crippen molar-refractivity contribution in [2.75, 3.05) is 10.0 Å². The van der Waals surface area contributed by atoms with Gasteiger partial charge in [0.2, 0.25) is 5.95 Å². The Morgan fingerprint density at radius 2 is 1.86 bits per heavy atom. The quantitative estimate of drug-likeness (QED) is 0.246. The first kappa shape index (κ1) is 23.9. The second-order valence-electron chi connectivity index (χ2n) is 8.93. The lowest BCUT2D eigenvalue weighted by atomic mass is 9.96. The molecule has 0 radical (unpaired) electrons. The van der Waals surface area contributed by atoms with E-state index in [0.29, 0.717) is 22.7 Å². The van der Waals surface area contributed by atoms with Crippen LogP contribution < -0.4 is 10.0 Å². The summed E-state index contributed by atoms with van der Waals surface area (Å²) >= 11 is 7.49. The van der Waals surface area contributed by atoms with Crippen molar-refractivity contribution in [2.45, 2.75) is 56.4 Å². The molecule has 0 unspecified atom stereocenters. The minimum absolute atomic E-state index is 0.316. The molecular weight excluding hydrogens is 479 g/mol. The maximum Gasteiger partial charge on any atom is 0.223 e. The number of nitrogens with one attached hydrogen (secondary N) is 2. The van der Waals surface area contributed by atoms with E-state index >= 15 is 0 Å². The molecule has 4 aromatic rings. The van der Waals surface area contributed by atoms with Gasteiger partial charge in [-0.25, -0.2) is 14.4 Å². The van der Waals surface area contributed by atoms with Gasteiger partial charge in [-0.3, -0.25) is 0 Å². The van der Waals surface area contributed by atoms with Gasteiger partial charge < -0.3 is 10.0 Å². The number of anilines is 2. The van der Waals surface area contributed by atoms with Crippen LogP contribution in [0.5, 0.6) is 0 Å². The number of rotatable bonds is 7. The molecule has 0 spiro atoms. The van der Waals surface area contributed by atoms with Crippen molar-refractivity contribution in [2.24, 2.45) is 0 Å². The lowest BCUT2D eigenvalue weighted by Gasteiger charge is -2.22. The first-order chi connectivity index (χ1) is 17.1. The maximum absolute atomic E-state index is 15.0. The minimum atomic E-state index is -0.316.